The number of hydrogen-bond donors (Lipinski definition) is 1. The molecule has 184 valence electrons. The van der Waals surface area contributed by atoms with Crippen molar-refractivity contribution in [3.8, 4) is 5.00 Å². The number of nitrogens with one attached hydrogen (secondary N) is 1. The second-order valence-electron chi connectivity index (χ2n) is 8.29. The van der Waals surface area contributed by atoms with E-state index in [1.54, 1.807) is 23.3 Å². The number of aromatic nitrogens is 3. The first-order valence-corrected chi connectivity index (χ1v) is 13.4. The molecule has 2 aromatic heterocycles. The smallest absolute Gasteiger partial charge is 0.308 e. The van der Waals surface area contributed by atoms with Crippen LogP contribution in [-0.4, -0.2) is 33.6 Å². The van der Waals surface area contributed by atoms with Gasteiger partial charge in [-0.3, -0.25) is 19.1 Å². The summed E-state index contributed by atoms with van der Waals surface area (Å²) in [4.78, 5) is 19.7. The lowest BCUT2D eigenvalue weighted by molar-refractivity contribution is -0.141. The van der Waals surface area contributed by atoms with Gasteiger partial charge < -0.3 is 4.74 Å². The van der Waals surface area contributed by atoms with Crippen LogP contribution in [0.1, 0.15) is 45.7 Å². The Kier molecular flexibility index (Phi) is 7.25. The first kappa shape index (κ1) is 24.7. The van der Waals surface area contributed by atoms with Gasteiger partial charge in [0.05, 0.1) is 19.2 Å². The molecular formula is C26H24ClN5O2S2. The molecule has 0 amide bonds. The Morgan fingerprint density at radius 2 is 1.89 bits per heavy atom. The van der Waals surface area contributed by atoms with Gasteiger partial charge in [0.2, 0.25) is 0 Å². The number of aliphatic imine (C=N–C) groups is 1. The van der Waals surface area contributed by atoms with Gasteiger partial charge >= 0.3 is 5.97 Å². The summed E-state index contributed by atoms with van der Waals surface area (Å²) in [6, 6.07) is 17.3. The second kappa shape index (κ2) is 10.6. The monoisotopic (exact) mass is 537 g/mol. The molecule has 0 radical (unpaired) electrons. The Labute approximate surface area is 222 Å². The molecule has 0 saturated carbocycles. The van der Waals surface area contributed by atoms with Crippen molar-refractivity contribution in [3.05, 3.63) is 92.8 Å². The first-order valence-electron chi connectivity index (χ1n) is 11.4. The molecule has 36 heavy (non-hydrogen) atoms. The highest BCUT2D eigenvalue weighted by atomic mass is 35.5. The Balaban J connectivity index is 1.61. The molecular weight excluding hydrogens is 514 g/mol. The largest absolute Gasteiger partial charge is 0.469 e. The number of thiophene rings is 1. The van der Waals surface area contributed by atoms with Crippen molar-refractivity contribution < 1.29 is 9.53 Å². The number of benzene rings is 2. The van der Waals surface area contributed by atoms with Crippen LogP contribution in [0.2, 0.25) is 5.02 Å². The minimum atomic E-state index is -0.529. The van der Waals surface area contributed by atoms with Gasteiger partial charge in [-0.05, 0) is 55.6 Å². The van der Waals surface area contributed by atoms with Crippen LogP contribution in [0.4, 0.5) is 0 Å². The zero-order valence-electron chi connectivity index (χ0n) is 20.0. The molecule has 0 spiro atoms. The van der Waals surface area contributed by atoms with Crippen LogP contribution in [0.5, 0.6) is 0 Å². The molecule has 10 heteroatoms. The zero-order valence-corrected chi connectivity index (χ0v) is 22.4. The summed E-state index contributed by atoms with van der Waals surface area (Å²) in [5.41, 5.74) is 3.87. The molecule has 1 aliphatic heterocycles. The summed E-state index contributed by atoms with van der Waals surface area (Å²) in [7, 11) is 1.38. The van der Waals surface area contributed by atoms with E-state index >= 15 is 0 Å². The van der Waals surface area contributed by atoms with Crippen LogP contribution in [0, 0.1) is 13.8 Å². The first-order chi connectivity index (χ1) is 17.5. The number of rotatable bonds is 7. The maximum absolute atomic E-state index is 12.3. The van der Waals surface area contributed by atoms with Gasteiger partial charge in [-0.15, -0.1) is 21.5 Å². The number of aryl methyl sites for hydroxylation is 1. The Morgan fingerprint density at radius 3 is 2.61 bits per heavy atom. The number of carbonyl (C=O) groups is 1. The van der Waals surface area contributed by atoms with Gasteiger partial charge in [0.25, 0.3) is 0 Å². The van der Waals surface area contributed by atoms with E-state index < -0.39 is 6.04 Å². The predicted octanol–water partition coefficient (Wildman–Crippen LogP) is 5.85. The summed E-state index contributed by atoms with van der Waals surface area (Å²) in [5, 5.41) is 10.4. The van der Waals surface area contributed by atoms with E-state index in [9.17, 15) is 4.79 Å². The summed E-state index contributed by atoms with van der Waals surface area (Å²) < 4.78 is 10.5. The van der Waals surface area contributed by atoms with Gasteiger partial charge in [0.15, 0.2) is 5.82 Å². The van der Waals surface area contributed by atoms with Crippen molar-refractivity contribution in [2.45, 2.75) is 37.8 Å². The molecule has 7 nitrogen and oxygen atoms in total. The number of methoxy groups -OCH3 is 1. The summed E-state index contributed by atoms with van der Waals surface area (Å²) in [6.07, 6.45) is 0.0713. The number of hydrogen-bond acceptors (Lipinski definition) is 8. The fourth-order valence-corrected chi connectivity index (χ4v) is 6.35. The molecule has 1 aliphatic rings. The minimum absolute atomic E-state index is 0.0713. The fourth-order valence-electron chi connectivity index (χ4n) is 4.15. The zero-order chi connectivity index (χ0) is 25.2. The molecule has 3 heterocycles. The highest BCUT2D eigenvalue weighted by Gasteiger charge is 2.33. The normalized spacial score (nSPS) is 14.6. The highest BCUT2D eigenvalue weighted by molar-refractivity contribution is 7.97. The van der Waals surface area contributed by atoms with E-state index in [0.29, 0.717) is 17.4 Å². The number of fused-ring (bicyclic) bond motifs is 3. The summed E-state index contributed by atoms with van der Waals surface area (Å²) in [5.74, 6) is 1.02. The standard InChI is InChI=1S/C26H24ClN5O2S2/c1-15-21(14-28-36-19-7-5-4-6-8-19)35-26-23(15)24(17-9-11-18(27)12-10-17)29-20(13-22(33)34-3)25-31-30-16(2)32(25)26/h4-12,20,28H,13-14H2,1-3H3/t20-/m0/s1. The van der Waals surface area contributed by atoms with Crippen molar-refractivity contribution in [1.29, 1.82) is 0 Å². The lowest BCUT2D eigenvalue weighted by Gasteiger charge is -2.12. The number of ether oxygens (including phenoxy) is 1. The third-order valence-electron chi connectivity index (χ3n) is 5.97. The average molecular weight is 538 g/mol. The van der Waals surface area contributed by atoms with E-state index in [4.69, 9.17) is 21.3 Å². The lowest BCUT2D eigenvalue weighted by atomic mass is 9.99. The predicted molar refractivity (Wildman–Crippen MR) is 144 cm³/mol. The van der Waals surface area contributed by atoms with Gasteiger partial charge in [0, 0.05) is 32.5 Å². The van der Waals surface area contributed by atoms with Crippen molar-refractivity contribution in [3.63, 3.8) is 0 Å². The number of nitrogens with zero attached hydrogens (tertiary/aromatic N) is 4. The van der Waals surface area contributed by atoms with E-state index in [1.165, 1.54) is 12.0 Å². The molecule has 0 fully saturated rings. The lowest BCUT2D eigenvalue weighted by Crippen LogP contribution is -2.12. The maximum atomic E-state index is 12.3. The average Bonchev–Trinajstić information content (AvgIpc) is 3.38. The van der Waals surface area contributed by atoms with Gasteiger partial charge in [0.1, 0.15) is 16.9 Å². The fraction of sp³-hybridized carbons (Fsp3) is 0.231. The van der Waals surface area contributed by atoms with Crippen LogP contribution in [-0.2, 0) is 16.1 Å². The molecule has 5 rings (SSSR count). The van der Waals surface area contributed by atoms with Crippen molar-refractivity contribution in [2.75, 3.05) is 7.11 Å². The van der Waals surface area contributed by atoms with E-state index in [1.807, 2.05) is 54.0 Å². The number of esters is 1. The maximum Gasteiger partial charge on any atom is 0.308 e. The van der Waals surface area contributed by atoms with Crippen LogP contribution in [0.3, 0.4) is 0 Å². The van der Waals surface area contributed by atoms with Crippen LogP contribution in [0.15, 0.2) is 64.5 Å². The SMILES string of the molecule is COC(=O)C[C@@H]1N=C(c2ccc(Cl)cc2)c2c(sc(CNSc3ccccc3)c2C)-n2c(C)nnc21. The Bertz CT molecular complexity index is 1430. The minimum Gasteiger partial charge on any atom is -0.469 e. The van der Waals surface area contributed by atoms with Crippen molar-refractivity contribution in [2.24, 2.45) is 4.99 Å². The molecule has 0 unspecified atom stereocenters. The van der Waals surface area contributed by atoms with E-state index in [-0.39, 0.29) is 12.4 Å². The van der Waals surface area contributed by atoms with Crippen LogP contribution < -0.4 is 4.72 Å². The molecule has 2 aromatic carbocycles. The third-order valence-corrected chi connectivity index (χ3v) is 8.30. The molecule has 0 bridgehead atoms. The van der Waals surface area contributed by atoms with E-state index in [0.717, 1.165) is 38.1 Å². The van der Waals surface area contributed by atoms with Crippen LogP contribution >= 0.6 is 34.9 Å². The van der Waals surface area contributed by atoms with Gasteiger partial charge in [-0.2, -0.15) is 0 Å². The summed E-state index contributed by atoms with van der Waals surface area (Å²) in [6.45, 7) is 4.71. The van der Waals surface area contributed by atoms with Crippen LogP contribution in [0.25, 0.3) is 5.00 Å². The summed E-state index contributed by atoms with van der Waals surface area (Å²) >= 11 is 9.47. The second-order valence-corrected chi connectivity index (χ2v) is 10.8. The van der Waals surface area contributed by atoms with Crippen molar-refractivity contribution in [1.82, 2.24) is 19.5 Å². The quantitative estimate of drug-likeness (QED) is 0.235. The molecule has 0 aliphatic carbocycles. The Morgan fingerprint density at radius 1 is 1.14 bits per heavy atom. The third kappa shape index (κ3) is 4.84. The molecule has 1 atom stereocenters. The van der Waals surface area contributed by atoms with E-state index in [2.05, 4.69) is 34.0 Å². The Hall–Kier alpha value is -2.98. The molecule has 4 aromatic rings. The number of halogens is 1. The van der Waals surface area contributed by atoms with Crippen molar-refractivity contribution >= 4 is 46.6 Å². The van der Waals surface area contributed by atoms with Gasteiger partial charge in [-0.1, -0.05) is 41.9 Å². The highest BCUT2D eigenvalue weighted by Crippen LogP contribution is 2.40. The number of carbonyl (C=O) groups excluding carboxylic acids is 1. The topological polar surface area (TPSA) is 81.4 Å². The van der Waals surface area contributed by atoms with Gasteiger partial charge in [-0.25, -0.2) is 0 Å². The molecule has 1 N–H and O–H groups in total. The molecule has 0 saturated heterocycles.